The second-order valence-electron chi connectivity index (χ2n) is 3.51. The largest absolute Gasteiger partial charge is 0.315 e. The van der Waals surface area contributed by atoms with Crippen LogP contribution in [0.1, 0.15) is 24.4 Å². The summed E-state index contributed by atoms with van der Waals surface area (Å²) in [7, 11) is 1.86. The second-order valence-corrected chi connectivity index (χ2v) is 3.51. The van der Waals surface area contributed by atoms with Crippen molar-refractivity contribution in [3.63, 3.8) is 0 Å². The van der Waals surface area contributed by atoms with E-state index in [1.807, 2.05) is 29.9 Å². The van der Waals surface area contributed by atoms with Gasteiger partial charge in [-0.05, 0) is 26.0 Å². The maximum Gasteiger partial charge on any atom is 0.255 e. The Morgan fingerprint density at radius 2 is 2.38 bits per heavy atom. The molecule has 1 aromatic heterocycles. The topological polar surface area (TPSA) is 34.0 Å². The van der Waals surface area contributed by atoms with Crippen molar-refractivity contribution in [2.75, 3.05) is 7.05 Å². The van der Waals surface area contributed by atoms with Gasteiger partial charge in [0.1, 0.15) is 0 Å². The molecule has 3 nitrogen and oxygen atoms in total. The lowest BCUT2D eigenvalue weighted by Crippen LogP contribution is -2.24. The molecule has 1 aromatic rings. The molecule has 0 radical (unpaired) electrons. The molecule has 2 rings (SSSR count). The Kier molecular flexibility index (Phi) is 2.19. The molecule has 0 aromatic carbocycles. The highest BCUT2D eigenvalue weighted by Crippen LogP contribution is 2.33. The van der Waals surface area contributed by atoms with E-state index in [1.54, 1.807) is 0 Å². The summed E-state index contributed by atoms with van der Waals surface area (Å²) < 4.78 is 1.85. The van der Waals surface area contributed by atoms with Crippen LogP contribution in [0.5, 0.6) is 0 Å². The van der Waals surface area contributed by atoms with E-state index in [4.69, 9.17) is 0 Å². The van der Waals surface area contributed by atoms with Crippen LogP contribution in [0.3, 0.4) is 0 Å². The number of nitrogens with one attached hydrogen (secondary N) is 1. The molecule has 1 fully saturated rings. The van der Waals surface area contributed by atoms with E-state index in [0.717, 1.165) is 18.4 Å². The molecule has 1 heterocycles. The van der Waals surface area contributed by atoms with Gasteiger partial charge in [0.15, 0.2) is 0 Å². The van der Waals surface area contributed by atoms with E-state index >= 15 is 0 Å². The van der Waals surface area contributed by atoms with Crippen LogP contribution in [-0.4, -0.2) is 11.6 Å². The minimum Gasteiger partial charge on any atom is -0.315 e. The summed E-state index contributed by atoms with van der Waals surface area (Å²) in [6.45, 7) is 0.659. The number of nitrogens with zero attached hydrogens (tertiary/aromatic N) is 1. The molecule has 0 spiro atoms. The molecule has 3 heteroatoms. The summed E-state index contributed by atoms with van der Waals surface area (Å²) in [6.07, 6.45) is 4.20. The molecule has 0 saturated heterocycles. The van der Waals surface area contributed by atoms with Crippen molar-refractivity contribution in [2.24, 2.45) is 0 Å². The first-order chi connectivity index (χ1) is 6.33. The predicted molar refractivity (Wildman–Crippen MR) is 51.7 cm³/mol. The monoisotopic (exact) mass is 178 g/mol. The number of hydrogen-bond donors (Lipinski definition) is 1. The Morgan fingerprint density at radius 1 is 1.62 bits per heavy atom. The lowest BCUT2D eigenvalue weighted by molar-refractivity contribution is 0.684. The Morgan fingerprint density at radius 3 is 3.00 bits per heavy atom. The Labute approximate surface area is 77.4 Å². The summed E-state index contributed by atoms with van der Waals surface area (Å²) in [5, 5.41) is 3.00. The summed E-state index contributed by atoms with van der Waals surface area (Å²) in [4.78, 5) is 11.8. The molecule has 0 aliphatic heterocycles. The first-order valence-corrected chi connectivity index (χ1v) is 4.67. The van der Waals surface area contributed by atoms with Gasteiger partial charge in [-0.15, -0.1) is 0 Å². The quantitative estimate of drug-likeness (QED) is 0.746. The molecular weight excluding hydrogens is 164 g/mol. The third-order valence-corrected chi connectivity index (χ3v) is 2.36. The SMILES string of the molecule is CNCc1cccn(C2CC2)c1=O. The Bertz CT molecular complexity index is 352. The van der Waals surface area contributed by atoms with Gasteiger partial charge >= 0.3 is 0 Å². The maximum atomic E-state index is 11.8. The van der Waals surface area contributed by atoms with Gasteiger partial charge in [-0.1, -0.05) is 6.07 Å². The average Bonchev–Trinajstić information content (AvgIpc) is 2.92. The Balaban J connectivity index is 2.36. The molecule has 70 valence electrons. The minimum absolute atomic E-state index is 0.166. The second kappa shape index (κ2) is 3.34. The molecule has 0 amide bonds. The summed E-state index contributed by atoms with van der Waals surface area (Å²) in [5.74, 6) is 0. The molecular formula is C10H14N2O. The van der Waals surface area contributed by atoms with Crippen molar-refractivity contribution in [3.8, 4) is 0 Å². The van der Waals surface area contributed by atoms with Crippen molar-refractivity contribution in [1.29, 1.82) is 0 Å². The first-order valence-electron chi connectivity index (χ1n) is 4.67. The van der Waals surface area contributed by atoms with Crippen molar-refractivity contribution in [2.45, 2.75) is 25.4 Å². The van der Waals surface area contributed by atoms with Crippen LogP contribution < -0.4 is 10.9 Å². The standard InChI is InChI=1S/C10H14N2O/c1-11-7-8-3-2-6-12(10(8)13)9-4-5-9/h2-3,6,9,11H,4-5,7H2,1H3. The molecule has 13 heavy (non-hydrogen) atoms. The van der Waals surface area contributed by atoms with Gasteiger partial charge in [-0.2, -0.15) is 0 Å². The normalized spacial score (nSPS) is 16.1. The molecule has 1 N–H and O–H groups in total. The fraction of sp³-hybridized carbons (Fsp3) is 0.500. The summed E-state index contributed by atoms with van der Waals surface area (Å²) in [6, 6.07) is 4.31. The van der Waals surface area contributed by atoms with Gasteiger partial charge in [0, 0.05) is 24.3 Å². The van der Waals surface area contributed by atoms with Crippen LogP contribution in [-0.2, 0) is 6.54 Å². The van der Waals surface area contributed by atoms with Crippen LogP contribution >= 0.6 is 0 Å². The minimum atomic E-state index is 0.166. The van der Waals surface area contributed by atoms with E-state index in [0.29, 0.717) is 12.6 Å². The Hall–Kier alpha value is -1.09. The van der Waals surface area contributed by atoms with E-state index in [1.165, 1.54) is 0 Å². The van der Waals surface area contributed by atoms with Crippen molar-refractivity contribution in [1.82, 2.24) is 9.88 Å². The first kappa shape index (κ1) is 8.51. The molecule has 0 atom stereocenters. The van der Waals surface area contributed by atoms with Crippen LogP contribution in [0.4, 0.5) is 0 Å². The predicted octanol–water partition coefficient (Wildman–Crippen LogP) is 0.903. The van der Waals surface area contributed by atoms with Gasteiger partial charge in [0.05, 0.1) is 0 Å². The maximum absolute atomic E-state index is 11.8. The van der Waals surface area contributed by atoms with Gasteiger partial charge in [-0.25, -0.2) is 0 Å². The lowest BCUT2D eigenvalue weighted by atomic mass is 10.2. The highest BCUT2D eigenvalue weighted by Gasteiger charge is 2.24. The highest BCUT2D eigenvalue weighted by molar-refractivity contribution is 5.11. The van der Waals surface area contributed by atoms with Crippen molar-refractivity contribution in [3.05, 3.63) is 34.2 Å². The lowest BCUT2D eigenvalue weighted by Gasteiger charge is -2.05. The number of aromatic nitrogens is 1. The van der Waals surface area contributed by atoms with Crippen LogP contribution in [0, 0.1) is 0 Å². The number of pyridine rings is 1. The van der Waals surface area contributed by atoms with Crippen LogP contribution in [0.2, 0.25) is 0 Å². The van der Waals surface area contributed by atoms with Gasteiger partial charge in [0.25, 0.3) is 5.56 Å². The van der Waals surface area contributed by atoms with E-state index < -0.39 is 0 Å². The number of hydrogen-bond acceptors (Lipinski definition) is 2. The summed E-state index contributed by atoms with van der Waals surface area (Å²) >= 11 is 0. The van der Waals surface area contributed by atoms with Crippen LogP contribution in [0.15, 0.2) is 23.1 Å². The molecule has 0 unspecified atom stereocenters. The van der Waals surface area contributed by atoms with Gasteiger partial charge in [-0.3, -0.25) is 4.79 Å². The number of rotatable bonds is 3. The van der Waals surface area contributed by atoms with Crippen LogP contribution in [0.25, 0.3) is 0 Å². The zero-order valence-electron chi connectivity index (χ0n) is 7.79. The van der Waals surface area contributed by atoms with E-state index in [-0.39, 0.29) is 5.56 Å². The smallest absolute Gasteiger partial charge is 0.255 e. The summed E-state index contributed by atoms with van der Waals surface area (Å²) in [5.41, 5.74) is 1.02. The highest BCUT2D eigenvalue weighted by atomic mass is 16.1. The van der Waals surface area contributed by atoms with Gasteiger partial charge < -0.3 is 9.88 Å². The third-order valence-electron chi connectivity index (χ3n) is 2.36. The van der Waals surface area contributed by atoms with E-state index in [9.17, 15) is 4.79 Å². The van der Waals surface area contributed by atoms with Crippen molar-refractivity contribution >= 4 is 0 Å². The van der Waals surface area contributed by atoms with Crippen molar-refractivity contribution < 1.29 is 0 Å². The van der Waals surface area contributed by atoms with Gasteiger partial charge in [0.2, 0.25) is 0 Å². The zero-order chi connectivity index (χ0) is 9.26. The molecule has 1 saturated carbocycles. The fourth-order valence-electron chi connectivity index (χ4n) is 1.52. The molecule has 1 aliphatic carbocycles. The fourth-order valence-corrected chi connectivity index (χ4v) is 1.52. The molecule has 0 bridgehead atoms. The average molecular weight is 178 g/mol. The molecule has 1 aliphatic rings. The zero-order valence-corrected chi connectivity index (χ0v) is 7.79. The van der Waals surface area contributed by atoms with E-state index in [2.05, 4.69) is 5.32 Å². The third kappa shape index (κ3) is 1.65.